The lowest BCUT2D eigenvalue weighted by molar-refractivity contribution is 0.153. The molecule has 150 valence electrons. The molecule has 0 aliphatic carbocycles. The third-order valence-electron chi connectivity index (χ3n) is 5.11. The van der Waals surface area contributed by atoms with Crippen LogP contribution in [0.2, 0.25) is 0 Å². The summed E-state index contributed by atoms with van der Waals surface area (Å²) < 4.78 is 9.00. The highest BCUT2D eigenvalue weighted by Crippen LogP contribution is 2.36. The Labute approximate surface area is 176 Å². The average molecular weight is 417 g/mol. The van der Waals surface area contributed by atoms with Crippen LogP contribution in [0.1, 0.15) is 0 Å². The minimum Gasteiger partial charge on any atom is -0.448 e. The molecular weight excluding hydrogens is 398 g/mol. The molecule has 0 spiro atoms. The maximum absolute atomic E-state index is 10.9. The molecule has 0 fully saturated rings. The first kappa shape index (κ1) is 18.4. The van der Waals surface area contributed by atoms with E-state index >= 15 is 0 Å². The Morgan fingerprint density at radius 1 is 1.13 bits per heavy atom. The van der Waals surface area contributed by atoms with Crippen LogP contribution in [0.5, 0.6) is 0 Å². The molecule has 4 heterocycles. The van der Waals surface area contributed by atoms with Gasteiger partial charge in [-0.1, -0.05) is 18.2 Å². The Balaban J connectivity index is 1.55. The maximum atomic E-state index is 10.9. The Morgan fingerprint density at radius 3 is 2.83 bits per heavy atom. The summed E-state index contributed by atoms with van der Waals surface area (Å²) in [6.45, 7) is 0.746. The second kappa shape index (κ2) is 7.31. The molecule has 30 heavy (non-hydrogen) atoms. The molecule has 1 amide bonds. The third-order valence-corrected chi connectivity index (χ3v) is 5.98. The van der Waals surface area contributed by atoms with Crippen LogP contribution in [0.15, 0.2) is 60.4 Å². The molecule has 2 N–H and O–H groups in total. The highest BCUT2D eigenvalue weighted by Gasteiger charge is 2.16. The zero-order valence-corrected chi connectivity index (χ0v) is 17.1. The number of nitrogens with zero attached hydrogens (tertiary/aromatic N) is 4. The van der Waals surface area contributed by atoms with Crippen LogP contribution in [0, 0.1) is 0 Å². The standard InChI is InChI=1S/C22H19N5O2S/c1-26-11-16(15-6-4-8-24-20(15)26)18-13-30-21(25-18)17-12-27(9-10-29-22(23)28)19-7-3-2-5-14(17)19/h2-8,11-13H,9-10H2,1H3,(H2,23,28). The number of para-hydroxylation sites is 1. The van der Waals surface area contributed by atoms with E-state index in [1.807, 2.05) is 35.9 Å². The third kappa shape index (κ3) is 3.11. The number of benzene rings is 1. The smallest absolute Gasteiger partial charge is 0.404 e. The van der Waals surface area contributed by atoms with Crippen LogP contribution in [-0.2, 0) is 18.3 Å². The number of hydrogen-bond acceptors (Lipinski definition) is 5. The van der Waals surface area contributed by atoms with Crippen LogP contribution in [0.25, 0.3) is 43.8 Å². The first-order valence-corrected chi connectivity index (χ1v) is 10.4. The molecule has 0 saturated heterocycles. The molecule has 5 rings (SSSR count). The number of aromatic nitrogens is 4. The second-order valence-corrected chi connectivity index (χ2v) is 7.85. The summed E-state index contributed by atoms with van der Waals surface area (Å²) in [7, 11) is 1.99. The molecule has 5 aromatic rings. The van der Waals surface area contributed by atoms with Crippen molar-refractivity contribution in [2.24, 2.45) is 12.8 Å². The van der Waals surface area contributed by atoms with Gasteiger partial charge in [0.2, 0.25) is 0 Å². The van der Waals surface area contributed by atoms with Crippen molar-refractivity contribution in [3.63, 3.8) is 0 Å². The van der Waals surface area contributed by atoms with Crippen molar-refractivity contribution in [1.29, 1.82) is 0 Å². The molecule has 0 unspecified atom stereocenters. The molecule has 7 nitrogen and oxygen atoms in total. The lowest BCUT2D eigenvalue weighted by Crippen LogP contribution is -2.16. The monoisotopic (exact) mass is 417 g/mol. The lowest BCUT2D eigenvalue weighted by Gasteiger charge is -2.04. The van der Waals surface area contributed by atoms with Gasteiger partial charge in [0.1, 0.15) is 17.3 Å². The predicted octanol–water partition coefficient (Wildman–Crippen LogP) is 4.41. The molecule has 0 bridgehead atoms. The zero-order valence-electron chi connectivity index (χ0n) is 16.3. The van der Waals surface area contributed by atoms with Crippen LogP contribution in [0.3, 0.4) is 0 Å². The number of carbonyl (C=O) groups excluding carboxylic acids is 1. The number of rotatable bonds is 5. The van der Waals surface area contributed by atoms with E-state index in [0.29, 0.717) is 6.54 Å². The number of primary amides is 1. The van der Waals surface area contributed by atoms with E-state index in [4.69, 9.17) is 15.5 Å². The largest absolute Gasteiger partial charge is 0.448 e. The van der Waals surface area contributed by atoms with E-state index in [1.165, 1.54) is 0 Å². The fourth-order valence-electron chi connectivity index (χ4n) is 3.78. The van der Waals surface area contributed by atoms with Gasteiger partial charge >= 0.3 is 6.09 Å². The Hall–Kier alpha value is -3.65. The SMILES string of the molecule is Cn1cc(-c2csc(-c3cn(CCOC(N)=O)c4ccccc34)n2)c2cccnc21. The van der Waals surface area contributed by atoms with Gasteiger partial charge in [-0.15, -0.1) is 11.3 Å². The quantitative estimate of drug-likeness (QED) is 0.459. The van der Waals surface area contributed by atoms with Crippen molar-refractivity contribution in [2.45, 2.75) is 6.54 Å². The van der Waals surface area contributed by atoms with Crippen LogP contribution >= 0.6 is 11.3 Å². The fourth-order valence-corrected chi connectivity index (χ4v) is 4.63. The first-order chi connectivity index (χ1) is 14.6. The number of ether oxygens (including phenoxy) is 1. The number of pyridine rings is 1. The van der Waals surface area contributed by atoms with Crippen molar-refractivity contribution in [3.8, 4) is 21.8 Å². The normalized spacial score (nSPS) is 11.4. The molecule has 4 aromatic heterocycles. The average Bonchev–Trinajstić information content (AvgIpc) is 3.44. The van der Waals surface area contributed by atoms with Gasteiger partial charge in [0.15, 0.2) is 0 Å². The highest BCUT2D eigenvalue weighted by atomic mass is 32.1. The summed E-state index contributed by atoms with van der Waals surface area (Å²) in [5.41, 5.74) is 10.1. The number of fused-ring (bicyclic) bond motifs is 2. The van der Waals surface area contributed by atoms with E-state index in [2.05, 4.69) is 39.5 Å². The zero-order chi connectivity index (χ0) is 20.7. The summed E-state index contributed by atoms with van der Waals surface area (Å²) in [6.07, 6.45) is 5.17. The number of nitrogens with two attached hydrogens (primary N) is 1. The Morgan fingerprint density at radius 2 is 1.97 bits per heavy atom. The molecule has 0 aliphatic rings. The number of carbonyl (C=O) groups is 1. The number of thiazole rings is 1. The van der Waals surface area contributed by atoms with Crippen LogP contribution in [0.4, 0.5) is 4.79 Å². The molecular formula is C22H19N5O2S. The van der Waals surface area contributed by atoms with Crippen LogP contribution < -0.4 is 5.73 Å². The van der Waals surface area contributed by atoms with Crippen molar-refractivity contribution in [1.82, 2.24) is 19.1 Å². The van der Waals surface area contributed by atoms with Gasteiger partial charge in [0, 0.05) is 58.4 Å². The van der Waals surface area contributed by atoms with E-state index in [9.17, 15) is 4.79 Å². The summed E-state index contributed by atoms with van der Waals surface area (Å²) in [5, 5.41) is 5.22. The topological polar surface area (TPSA) is 88.0 Å². The predicted molar refractivity (Wildman–Crippen MR) is 118 cm³/mol. The van der Waals surface area contributed by atoms with Crippen LogP contribution in [-0.4, -0.2) is 31.8 Å². The molecule has 8 heteroatoms. The van der Waals surface area contributed by atoms with Gasteiger partial charge in [-0.2, -0.15) is 0 Å². The summed E-state index contributed by atoms with van der Waals surface area (Å²) in [5.74, 6) is 0. The van der Waals surface area contributed by atoms with Crippen molar-refractivity contribution >= 4 is 39.4 Å². The van der Waals surface area contributed by atoms with Gasteiger partial charge in [-0.3, -0.25) is 0 Å². The fraction of sp³-hybridized carbons (Fsp3) is 0.136. The highest BCUT2D eigenvalue weighted by molar-refractivity contribution is 7.13. The summed E-state index contributed by atoms with van der Waals surface area (Å²) in [6, 6.07) is 12.2. The number of aryl methyl sites for hydroxylation is 1. The summed E-state index contributed by atoms with van der Waals surface area (Å²) in [4.78, 5) is 20.3. The van der Waals surface area contributed by atoms with Gasteiger partial charge < -0.3 is 19.6 Å². The van der Waals surface area contributed by atoms with Gasteiger partial charge in [-0.25, -0.2) is 14.8 Å². The minimum atomic E-state index is -0.763. The van der Waals surface area contributed by atoms with E-state index < -0.39 is 6.09 Å². The van der Waals surface area contributed by atoms with Crippen molar-refractivity contribution in [2.75, 3.05) is 6.61 Å². The molecule has 0 radical (unpaired) electrons. The van der Waals surface area contributed by atoms with Gasteiger partial charge in [-0.05, 0) is 18.2 Å². The molecule has 0 atom stereocenters. The number of hydrogen-bond donors (Lipinski definition) is 1. The molecule has 0 saturated carbocycles. The van der Waals surface area contributed by atoms with Gasteiger partial charge in [0.05, 0.1) is 12.2 Å². The van der Waals surface area contributed by atoms with E-state index in [-0.39, 0.29) is 6.61 Å². The Bertz CT molecular complexity index is 1380. The molecule has 1 aromatic carbocycles. The minimum absolute atomic E-state index is 0.222. The first-order valence-electron chi connectivity index (χ1n) is 9.48. The van der Waals surface area contributed by atoms with Crippen molar-refractivity contribution in [3.05, 3.63) is 60.4 Å². The van der Waals surface area contributed by atoms with Gasteiger partial charge in [0.25, 0.3) is 0 Å². The van der Waals surface area contributed by atoms with E-state index in [1.54, 1.807) is 17.5 Å². The second-order valence-electron chi connectivity index (χ2n) is 6.99. The Kier molecular flexibility index (Phi) is 4.48. The van der Waals surface area contributed by atoms with Crippen molar-refractivity contribution < 1.29 is 9.53 Å². The maximum Gasteiger partial charge on any atom is 0.404 e. The molecule has 0 aliphatic heterocycles. The number of amides is 1. The summed E-state index contributed by atoms with van der Waals surface area (Å²) >= 11 is 1.61. The lowest BCUT2D eigenvalue weighted by atomic mass is 10.1. The van der Waals surface area contributed by atoms with E-state index in [0.717, 1.165) is 43.8 Å².